The molecule has 0 saturated heterocycles. The highest BCUT2D eigenvalue weighted by atomic mass is 15.0. The minimum atomic E-state index is 0.290. The van der Waals surface area contributed by atoms with Crippen molar-refractivity contribution in [2.45, 2.75) is 58.4 Å². The summed E-state index contributed by atoms with van der Waals surface area (Å²) in [5.41, 5.74) is 0.290. The lowest BCUT2D eigenvalue weighted by atomic mass is 9.95. The zero-order valence-corrected chi connectivity index (χ0v) is 11.1. The van der Waals surface area contributed by atoms with Gasteiger partial charge >= 0.3 is 0 Å². The van der Waals surface area contributed by atoms with E-state index in [0.29, 0.717) is 5.92 Å². The first-order valence-corrected chi connectivity index (χ1v) is 6.74. The fraction of sp³-hybridized carbons (Fsp3) is 0.733. The first-order chi connectivity index (χ1) is 7.64. The third kappa shape index (κ3) is 5.50. The van der Waals surface area contributed by atoms with E-state index >= 15 is 0 Å². The number of rotatable bonds is 8. The van der Waals surface area contributed by atoms with Gasteiger partial charge in [-0.2, -0.15) is 0 Å². The number of hydrogen-bond acceptors (Lipinski definition) is 1. The molecule has 0 spiro atoms. The van der Waals surface area contributed by atoms with Crippen molar-refractivity contribution in [1.82, 2.24) is 5.32 Å². The van der Waals surface area contributed by atoms with Crippen molar-refractivity contribution < 1.29 is 0 Å². The van der Waals surface area contributed by atoms with Crippen LogP contribution in [0, 0.1) is 5.92 Å². The van der Waals surface area contributed by atoms with E-state index in [4.69, 9.17) is 0 Å². The van der Waals surface area contributed by atoms with Gasteiger partial charge in [-0.25, -0.2) is 0 Å². The predicted molar refractivity (Wildman–Crippen MR) is 72.6 cm³/mol. The Morgan fingerprint density at radius 2 is 1.75 bits per heavy atom. The lowest BCUT2D eigenvalue weighted by molar-refractivity contribution is 0.341. The monoisotopic (exact) mass is 221 g/mol. The Morgan fingerprint density at radius 3 is 2.38 bits per heavy atom. The van der Waals surface area contributed by atoms with E-state index < -0.39 is 0 Å². The zero-order chi connectivity index (χ0) is 11.9. The maximum atomic E-state index is 3.68. The van der Waals surface area contributed by atoms with Gasteiger partial charge in [0.25, 0.3) is 0 Å². The van der Waals surface area contributed by atoms with Crippen LogP contribution >= 0.6 is 0 Å². The molecule has 0 amide bonds. The Bertz CT molecular complexity index is 226. The van der Waals surface area contributed by atoms with Crippen LogP contribution in [0.25, 0.3) is 0 Å². The quantitative estimate of drug-likeness (QED) is 0.609. The number of unbranched alkanes of at least 4 members (excludes halogenated alkanes) is 3. The van der Waals surface area contributed by atoms with Crippen molar-refractivity contribution >= 4 is 0 Å². The summed E-state index contributed by atoms with van der Waals surface area (Å²) in [4.78, 5) is 0. The normalized spacial score (nSPS) is 16.2. The standard InChI is InChI=1S/C15H27N/c1-4-5-6-9-12-15(2,3)16-13-14-10-7-8-11-14/h7-8,10-11,14,16H,4-6,9,12-13H2,1-3H3. The highest BCUT2D eigenvalue weighted by Crippen LogP contribution is 2.16. The summed E-state index contributed by atoms with van der Waals surface area (Å²) < 4.78 is 0. The van der Waals surface area contributed by atoms with Gasteiger partial charge in [-0.1, -0.05) is 56.9 Å². The summed E-state index contributed by atoms with van der Waals surface area (Å²) in [6, 6.07) is 0. The molecule has 1 heteroatoms. The average molecular weight is 221 g/mol. The van der Waals surface area contributed by atoms with E-state index in [9.17, 15) is 0 Å². The Labute approximate surface area is 101 Å². The first kappa shape index (κ1) is 13.5. The predicted octanol–water partition coefficient (Wildman–Crippen LogP) is 4.07. The number of allylic oxidation sites excluding steroid dienone is 2. The number of hydrogen-bond donors (Lipinski definition) is 1. The van der Waals surface area contributed by atoms with E-state index in [1.807, 2.05) is 0 Å². The molecule has 0 bridgehead atoms. The van der Waals surface area contributed by atoms with Crippen molar-refractivity contribution in [3.8, 4) is 0 Å². The molecule has 0 heterocycles. The minimum Gasteiger partial charge on any atom is -0.311 e. The van der Waals surface area contributed by atoms with Crippen molar-refractivity contribution in [2.75, 3.05) is 6.54 Å². The van der Waals surface area contributed by atoms with Crippen LogP contribution in [0.15, 0.2) is 24.3 Å². The van der Waals surface area contributed by atoms with Crippen molar-refractivity contribution in [1.29, 1.82) is 0 Å². The van der Waals surface area contributed by atoms with Gasteiger partial charge in [0.15, 0.2) is 0 Å². The summed E-state index contributed by atoms with van der Waals surface area (Å²) >= 11 is 0. The lowest BCUT2D eigenvalue weighted by Crippen LogP contribution is -2.41. The third-order valence-electron chi connectivity index (χ3n) is 3.30. The molecule has 0 saturated carbocycles. The molecule has 0 fully saturated rings. The van der Waals surface area contributed by atoms with E-state index in [2.05, 4.69) is 50.4 Å². The van der Waals surface area contributed by atoms with Crippen molar-refractivity contribution in [3.63, 3.8) is 0 Å². The SMILES string of the molecule is CCCCCCC(C)(C)NCC1C=CC=C1. The summed E-state index contributed by atoms with van der Waals surface area (Å²) in [6.07, 6.45) is 15.5. The van der Waals surface area contributed by atoms with Crippen molar-refractivity contribution in [3.05, 3.63) is 24.3 Å². The molecule has 1 rings (SSSR count). The maximum Gasteiger partial charge on any atom is 0.0125 e. The van der Waals surface area contributed by atoms with Crippen LogP contribution in [0.2, 0.25) is 0 Å². The number of nitrogens with one attached hydrogen (secondary N) is 1. The molecule has 0 unspecified atom stereocenters. The van der Waals surface area contributed by atoms with Gasteiger partial charge < -0.3 is 5.32 Å². The highest BCUT2D eigenvalue weighted by molar-refractivity contribution is 5.17. The summed E-state index contributed by atoms with van der Waals surface area (Å²) in [7, 11) is 0. The van der Waals surface area contributed by atoms with E-state index in [-0.39, 0.29) is 5.54 Å². The van der Waals surface area contributed by atoms with E-state index in [1.165, 1.54) is 32.1 Å². The molecule has 1 N–H and O–H groups in total. The molecular weight excluding hydrogens is 194 g/mol. The molecule has 16 heavy (non-hydrogen) atoms. The lowest BCUT2D eigenvalue weighted by Gasteiger charge is -2.27. The van der Waals surface area contributed by atoms with E-state index in [1.54, 1.807) is 0 Å². The van der Waals surface area contributed by atoms with E-state index in [0.717, 1.165) is 6.54 Å². The fourth-order valence-corrected chi connectivity index (χ4v) is 2.09. The van der Waals surface area contributed by atoms with Crippen molar-refractivity contribution in [2.24, 2.45) is 5.92 Å². The van der Waals surface area contributed by atoms with Crippen LogP contribution in [-0.2, 0) is 0 Å². The smallest absolute Gasteiger partial charge is 0.0125 e. The van der Waals surface area contributed by atoms with Crippen LogP contribution < -0.4 is 5.32 Å². The Balaban J connectivity index is 2.12. The Hall–Kier alpha value is -0.560. The molecule has 0 radical (unpaired) electrons. The maximum absolute atomic E-state index is 3.68. The zero-order valence-electron chi connectivity index (χ0n) is 11.1. The third-order valence-corrected chi connectivity index (χ3v) is 3.30. The highest BCUT2D eigenvalue weighted by Gasteiger charge is 2.17. The molecule has 1 nitrogen and oxygen atoms in total. The Kier molecular flexibility index (Phi) is 5.83. The van der Waals surface area contributed by atoms with Crippen LogP contribution in [0.3, 0.4) is 0 Å². The molecule has 0 aliphatic heterocycles. The molecule has 0 aromatic heterocycles. The topological polar surface area (TPSA) is 12.0 Å². The molecular formula is C15H27N. The van der Waals surface area contributed by atoms with Gasteiger partial charge in [0, 0.05) is 18.0 Å². The summed E-state index contributed by atoms with van der Waals surface area (Å²) in [5.74, 6) is 0.606. The largest absolute Gasteiger partial charge is 0.311 e. The second-order valence-corrected chi connectivity index (χ2v) is 5.51. The second-order valence-electron chi connectivity index (χ2n) is 5.51. The van der Waals surface area contributed by atoms with Gasteiger partial charge in [-0.3, -0.25) is 0 Å². The van der Waals surface area contributed by atoms with Crippen LogP contribution in [-0.4, -0.2) is 12.1 Å². The second kappa shape index (κ2) is 6.90. The van der Waals surface area contributed by atoms with Gasteiger partial charge in [-0.15, -0.1) is 0 Å². The van der Waals surface area contributed by atoms with Crippen LogP contribution in [0.5, 0.6) is 0 Å². The van der Waals surface area contributed by atoms with Crippen LogP contribution in [0.1, 0.15) is 52.9 Å². The fourth-order valence-electron chi connectivity index (χ4n) is 2.09. The first-order valence-electron chi connectivity index (χ1n) is 6.74. The summed E-state index contributed by atoms with van der Waals surface area (Å²) in [6.45, 7) is 7.98. The van der Waals surface area contributed by atoms with Crippen LogP contribution in [0.4, 0.5) is 0 Å². The Morgan fingerprint density at radius 1 is 1.06 bits per heavy atom. The van der Waals surface area contributed by atoms with Gasteiger partial charge in [0.1, 0.15) is 0 Å². The molecule has 92 valence electrons. The molecule has 1 aliphatic carbocycles. The average Bonchev–Trinajstić information content (AvgIpc) is 2.75. The molecule has 0 atom stereocenters. The molecule has 0 aromatic carbocycles. The van der Waals surface area contributed by atoms with Gasteiger partial charge in [0.05, 0.1) is 0 Å². The molecule has 1 aliphatic rings. The molecule has 0 aromatic rings. The summed E-state index contributed by atoms with van der Waals surface area (Å²) in [5, 5.41) is 3.68. The van der Waals surface area contributed by atoms with Gasteiger partial charge in [0.2, 0.25) is 0 Å². The van der Waals surface area contributed by atoms with Gasteiger partial charge in [-0.05, 0) is 20.3 Å². The minimum absolute atomic E-state index is 0.290.